The number of carbonyl (C=O) groups excluding carboxylic acids is 1. The smallest absolute Gasteiger partial charge is 0.234 e. The predicted molar refractivity (Wildman–Crippen MR) is 65.9 cm³/mol. The van der Waals surface area contributed by atoms with Gasteiger partial charge >= 0.3 is 0 Å². The van der Waals surface area contributed by atoms with E-state index in [9.17, 15) is 13.6 Å². The molecule has 1 rings (SSSR count). The molecule has 0 aliphatic rings. The van der Waals surface area contributed by atoms with Crippen LogP contribution in [0.4, 0.5) is 8.78 Å². The minimum absolute atomic E-state index is 0.162. The Morgan fingerprint density at radius 1 is 1.41 bits per heavy atom. The molecule has 0 spiro atoms. The zero-order valence-electron chi connectivity index (χ0n) is 9.64. The van der Waals surface area contributed by atoms with Crippen LogP contribution < -0.4 is 5.32 Å². The van der Waals surface area contributed by atoms with E-state index in [0.29, 0.717) is 12.0 Å². The maximum Gasteiger partial charge on any atom is 0.234 e. The van der Waals surface area contributed by atoms with Crippen LogP contribution in [-0.2, 0) is 4.79 Å². The first-order chi connectivity index (χ1) is 7.95. The van der Waals surface area contributed by atoms with Crippen LogP contribution in [0.5, 0.6) is 0 Å². The molecule has 0 radical (unpaired) electrons. The first kappa shape index (κ1) is 14.1. The van der Waals surface area contributed by atoms with Gasteiger partial charge in [0.05, 0.1) is 10.9 Å². The number of benzene rings is 1. The number of hydrogen-bond acceptors (Lipinski definition) is 1. The van der Waals surface area contributed by atoms with E-state index in [1.54, 1.807) is 6.92 Å². The van der Waals surface area contributed by atoms with Gasteiger partial charge in [-0.1, -0.05) is 28.9 Å². The zero-order valence-corrected chi connectivity index (χ0v) is 11.2. The first-order valence-corrected chi connectivity index (χ1v) is 6.26. The Bertz CT molecular complexity index is 411. The van der Waals surface area contributed by atoms with Gasteiger partial charge in [0.25, 0.3) is 0 Å². The van der Waals surface area contributed by atoms with Crippen LogP contribution in [0, 0.1) is 11.6 Å². The third-order valence-corrected chi connectivity index (χ3v) is 3.51. The molecule has 0 fully saturated rings. The maximum absolute atomic E-state index is 13.0. The lowest BCUT2D eigenvalue weighted by Crippen LogP contribution is -2.32. The fourth-order valence-corrected chi connectivity index (χ4v) is 1.49. The third-order valence-electron chi connectivity index (χ3n) is 2.45. The number of nitrogens with one attached hydrogen (secondary N) is 1. The molecule has 17 heavy (non-hydrogen) atoms. The maximum atomic E-state index is 13.0. The molecule has 0 saturated heterocycles. The molecule has 1 amide bonds. The number of hydrogen-bond donors (Lipinski definition) is 1. The Kier molecular flexibility index (Phi) is 5.05. The van der Waals surface area contributed by atoms with Crippen molar-refractivity contribution in [3.8, 4) is 0 Å². The van der Waals surface area contributed by atoms with Crippen molar-refractivity contribution in [2.75, 3.05) is 0 Å². The summed E-state index contributed by atoms with van der Waals surface area (Å²) >= 11 is 3.22. The first-order valence-electron chi connectivity index (χ1n) is 5.35. The minimum atomic E-state index is -0.908. The van der Waals surface area contributed by atoms with E-state index < -0.39 is 11.6 Å². The molecule has 0 aliphatic heterocycles. The summed E-state index contributed by atoms with van der Waals surface area (Å²) in [4.78, 5) is 11.3. The van der Waals surface area contributed by atoms with Crippen molar-refractivity contribution in [3.05, 3.63) is 35.4 Å². The second-order valence-electron chi connectivity index (χ2n) is 3.78. The van der Waals surface area contributed by atoms with E-state index >= 15 is 0 Å². The largest absolute Gasteiger partial charge is 0.349 e. The quantitative estimate of drug-likeness (QED) is 0.850. The summed E-state index contributed by atoms with van der Waals surface area (Å²) in [5.74, 6) is -1.96. The third kappa shape index (κ3) is 3.77. The Labute approximate surface area is 108 Å². The van der Waals surface area contributed by atoms with Gasteiger partial charge in [-0.05, 0) is 31.0 Å². The lowest BCUT2D eigenvalue weighted by molar-refractivity contribution is -0.121. The average molecular weight is 306 g/mol. The Morgan fingerprint density at radius 3 is 2.59 bits per heavy atom. The summed E-state index contributed by atoms with van der Waals surface area (Å²) < 4.78 is 25.7. The molecular weight excluding hydrogens is 292 g/mol. The number of rotatable bonds is 4. The van der Waals surface area contributed by atoms with Gasteiger partial charge in [-0.3, -0.25) is 4.79 Å². The Morgan fingerprint density at radius 2 is 2.06 bits per heavy atom. The van der Waals surface area contributed by atoms with Crippen molar-refractivity contribution in [2.45, 2.75) is 31.1 Å². The molecule has 5 heteroatoms. The van der Waals surface area contributed by atoms with Crippen LogP contribution in [0.3, 0.4) is 0 Å². The molecule has 1 aromatic rings. The molecule has 1 aromatic carbocycles. The van der Waals surface area contributed by atoms with E-state index in [1.807, 2.05) is 6.92 Å². The fraction of sp³-hybridized carbons (Fsp3) is 0.417. The molecule has 2 nitrogen and oxygen atoms in total. The fourth-order valence-electron chi connectivity index (χ4n) is 1.35. The summed E-state index contributed by atoms with van der Waals surface area (Å²) in [6, 6.07) is 3.25. The predicted octanol–water partition coefficient (Wildman–Crippen LogP) is 3.32. The second kappa shape index (κ2) is 6.10. The van der Waals surface area contributed by atoms with Crippen molar-refractivity contribution in [1.29, 1.82) is 0 Å². The van der Waals surface area contributed by atoms with Crippen LogP contribution in [0.1, 0.15) is 31.9 Å². The highest BCUT2D eigenvalue weighted by Crippen LogP contribution is 2.17. The molecule has 0 saturated carbocycles. The van der Waals surface area contributed by atoms with Crippen molar-refractivity contribution in [3.63, 3.8) is 0 Å². The van der Waals surface area contributed by atoms with Gasteiger partial charge in [-0.15, -0.1) is 0 Å². The van der Waals surface area contributed by atoms with Crippen LogP contribution in [-0.4, -0.2) is 10.7 Å². The van der Waals surface area contributed by atoms with E-state index in [2.05, 4.69) is 21.2 Å². The minimum Gasteiger partial charge on any atom is -0.349 e. The zero-order chi connectivity index (χ0) is 13.0. The van der Waals surface area contributed by atoms with Crippen LogP contribution in [0.15, 0.2) is 18.2 Å². The highest BCUT2D eigenvalue weighted by molar-refractivity contribution is 9.10. The lowest BCUT2D eigenvalue weighted by atomic mass is 10.1. The van der Waals surface area contributed by atoms with E-state index in [1.165, 1.54) is 6.07 Å². The summed E-state index contributed by atoms with van der Waals surface area (Å²) in [5.41, 5.74) is 0.535. The van der Waals surface area contributed by atoms with Gasteiger partial charge in [0.15, 0.2) is 11.6 Å². The van der Waals surface area contributed by atoms with Gasteiger partial charge in [0.2, 0.25) is 5.91 Å². The van der Waals surface area contributed by atoms with Gasteiger partial charge < -0.3 is 5.32 Å². The Balaban J connectivity index is 2.73. The van der Waals surface area contributed by atoms with Crippen molar-refractivity contribution >= 4 is 21.8 Å². The van der Waals surface area contributed by atoms with Crippen molar-refractivity contribution < 1.29 is 13.6 Å². The number of halogens is 3. The lowest BCUT2D eigenvalue weighted by Gasteiger charge is -2.16. The highest BCUT2D eigenvalue weighted by Gasteiger charge is 2.16. The average Bonchev–Trinajstić information content (AvgIpc) is 2.31. The summed E-state index contributed by atoms with van der Waals surface area (Å²) in [6.07, 6.45) is 0.663. The van der Waals surface area contributed by atoms with E-state index in [0.717, 1.165) is 12.1 Å². The molecule has 1 N–H and O–H groups in total. The van der Waals surface area contributed by atoms with Crippen molar-refractivity contribution in [2.24, 2.45) is 0 Å². The van der Waals surface area contributed by atoms with Gasteiger partial charge in [0, 0.05) is 0 Å². The molecule has 0 heterocycles. The van der Waals surface area contributed by atoms with Gasteiger partial charge in [-0.2, -0.15) is 0 Å². The van der Waals surface area contributed by atoms with Crippen molar-refractivity contribution in [1.82, 2.24) is 5.32 Å². The molecule has 2 unspecified atom stereocenters. The van der Waals surface area contributed by atoms with Gasteiger partial charge in [-0.25, -0.2) is 8.78 Å². The van der Waals surface area contributed by atoms with Crippen LogP contribution in [0.25, 0.3) is 0 Å². The highest BCUT2D eigenvalue weighted by atomic mass is 79.9. The monoisotopic (exact) mass is 305 g/mol. The van der Waals surface area contributed by atoms with Gasteiger partial charge in [0.1, 0.15) is 0 Å². The molecule has 0 bridgehead atoms. The molecular formula is C12H14BrF2NO. The summed E-state index contributed by atoms with van der Waals surface area (Å²) in [7, 11) is 0. The Hall–Kier alpha value is -0.970. The molecule has 0 aromatic heterocycles. The number of alkyl halides is 1. The standard InChI is InChI=1S/C12H14BrF2NO/c1-3-9(13)12(17)16-7(2)8-4-5-10(14)11(15)6-8/h4-7,9H,3H2,1-2H3,(H,16,17). The molecule has 0 aliphatic carbocycles. The second-order valence-corrected chi connectivity index (χ2v) is 4.88. The summed E-state index contributed by atoms with van der Waals surface area (Å²) in [5, 5.41) is 2.72. The van der Waals surface area contributed by atoms with E-state index in [-0.39, 0.29) is 16.8 Å². The topological polar surface area (TPSA) is 29.1 Å². The van der Waals surface area contributed by atoms with E-state index in [4.69, 9.17) is 0 Å². The number of amides is 1. The number of carbonyl (C=O) groups is 1. The normalized spacial score (nSPS) is 14.2. The SMILES string of the molecule is CCC(Br)C(=O)NC(C)c1ccc(F)c(F)c1. The van der Waals surface area contributed by atoms with Crippen LogP contribution >= 0.6 is 15.9 Å². The van der Waals surface area contributed by atoms with Crippen LogP contribution in [0.2, 0.25) is 0 Å². The summed E-state index contributed by atoms with van der Waals surface area (Å²) in [6.45, 7) is 3.60. The molecule has 94 valence electrons. The molecule has 2 atom stereocenters.